The molecular weight excluding hydrogens is 829 g/mol. The van der Waals surface area contributed by atoms with Gasteiger partial charge in [0.15, 0.2) is 0 Å². The van der Waals surface area contributed by atoms with Gasteiger partial charge in [-0.2, -0.15) is 0 Å². The van der Waals surface area contributed by atoms with E-state index >= 15 is 0 Å². The van der Waals surface area contributed by atoms with E-state index in [-0.39, 0.29) is 16.2 Å². The minimum absolute atomic E-state index is 0.0756. The lowest BCUT2D eigenvalue weighted by Gasteiger charge is -2.24. The maximum Gasteiger partial charge on any atom is 0.0159 e. The van der Waals surface area contributed by atoms with E-state index in [1.54, 1.807) is 0 Å². The monoisotopic (exact) mass is 880 g/mol. The fourth-order valence-corrected chi connectivity index (χ4v) is 13.4. The van der Waals surface area contributed by atoms with E-state index in [1.807, 2.05) is 0 Å². The molecule has 0 heterocycles. The highest BCUT2D eigenvalue weighted by Crippen LogP contribution is 2.56. The molecule has 11 aromatic carbocycles. The van der Waals surface area contributed by atoms with Crippen LogP contribution >= 0.6 is 0 Å². The molecule has 0 radical (unpaired) electrons. The summed E-state index contributed by atoms with van der Waals surface area (Å²) in [6.07, 6.45) is 0. The molecule has 328 valence electrons. The second-order valence-electron chi connectivity index (χ2n) is 21.5. The van der Waals surface area contributed by atoms with Crippen LogP contribution in [0.3, 0.4) is 0 Å². The summed E-state index contributed by atoms with van der Waals surface area (Å²) in [6.45, 7) is 14.3. The predicted octanol–water partition coefficient (Wildman–Crippen LogP) is 18.7. The Morgan fingerprint density at radius 1 is 0.203 bits per heavy atom. The normalized spacial score (nSPS) is 15.2. The topological polar surface area (TPSA) is 0 Å². The van der Waals surface area contributed by atoms with Crippen molar-refractivity contribution < 1.29 is 0 Å². The lowest BCUT2D eigenvalue weighted by atomic mass is 9.79. The Morgan fingerprint density at radius 3 is 1.22 bits per heavy atom. The molecule has 0 atom stereocenters. The van der Waals surface area contributed by atoms with Gasteiger partial charge in [-0.1, -0.05) is 230 Å². The number of benzene rings is 11. The highest BCUT2D eigenvalue weighted by atomic mass is 14.4. The van der Waals surface area contributed by atoms with Gasteiger partial charge in [-0.05, 0) is 162 Å². The van der Waals surface area contributed by atoms with Crippen LogP contribution in [0, 0.1) is 0 Å². The summed E-state index contributed by atoms with van der Waals surface area (Å²) in [6, 6.07) is 78.9. The van der Waals surface area contributed by atoms with Gasteiger partial charge in [0, 0.05) is 16.2 Å². The molecular formula is C69H52. The van der Waals surface area contributed by atoms with E-state index in [2.05, 4.69) is 248 Å². The largest absolute Gasteiger partial charge is 0.0619 e. The molecule has 0 fully saturated rings. The van der Waals surface area contributed by atoms with E-state index in [9.17, 15) is 0 Å². The highest BCUT2D eigenvalue weighted by Gasteiger charge is 2.39. The number of fused-ring (bicyclic) bond motifs is 12. The maximum absolute atomic E-state index is 2.52. The summed E-state index contributed by atoms with van der Waals surface area (Å²) in [5.74, 6) is 0. The minimum atomic E-state index is -0.118. The number of hydrogen-bond acceptors (Lipinski definition) is 0. The number of rotatable bonds is 4. The summed E-state index contributed by atoms with van der Waals surface area (Å²) in [7, 11) is 0. The van der Waals surface area contributed by atoms with Gasteiger partial charge in [0.2, 0.25) is 0 Å². The molecule has 3 aliphatic rings. The Labute approximate surface area is 405 Å². The van der Waals surface area contributed by atoms with Gasteiger partial charge >= 0.3 is 0 Å². The molecule has 0 nitrogen and oxygen atoms in total. The van der Waals surface area contributed by atoms with Crippen molar-refractivity contribution in [2.24, 2.45) is 0 Å². The van der Waals surface area contributed by atoms with Crippen molar-refractivity contribution >= 4 is 32.3 Å². The second-order valence-corrected chi connectivity index (χ2v) is 21.5. The first kappa shape index (κ1) is 40.3. The molecule has 3 aliphatic carbocycles. The first-order chi connectivity index (χ1) is 33.5. The third-order valence-corrected chi connectivity index (χ3v) is 16.9. The van der Waals surface area contributed by atoms with Gasteiger partial charge in [-0.3, -0.25) is 0 Å². The third-order valence-electron chi connectivity index (χ3n) is 16.9. The van der Waals surface area contributed by atoms with Crippen LogP contribution in [-0.2, 0) is 16.2 Å². The Hall–Kier alpha value is -7.80. The third kappa shape index (κ3) is 5.46. The standard InChI is InChI=1S/C69H52/c1-67(2)60-28-16-13-24-55(60)66-56(25-17-29-61(66)67)65-52-23-10-9-22-51(52)64(54-35-31-41(38-57(54)65)42-30-33-49-47-20-11-14-26-58(47)68(3,4)62(49)39-42)53-37-36-44(45-18-7-8-19-46(45)53)43-32-34-50-48-21-12-15-27-59(48)69(5,6)63(50)40-43/h7-40H,1-6H3. The molecule has 69 heavy (non-hydrogen) atoms. The Bertz CT molecular complexity index is 4040. The molecule has 0 bridgehead atoms. The molecule has 0 heteroatoms. The summed E-state index contributed by atoms with van der Waals surface area (Å²) in [4.78, 5) is 0. The van der Waals surface area contributed by atoms with Crippen LogP contribution in [0.5, 0.6) is 0 Å². The molecule has 0 aromatic heterocycles. The zero-order chi connectivity index (χ0) is 46.6. The minimum Gasteiger partial charge on any atom is -0.0619 e. The molecule has 0 amide bonds. The zero-order valence-corrected chi connectivity index (χ0v) is 40.1. The van der Waals surface area contributed by atoms with E-state index in [1.165, 1.54) is 144 Å². The van der Waals surface area contributed by atoms with E-state index < -0.39 is 0 Å². The Morgan fingerprint density at radius 2 is 0.580 bits per heavy atom. The van der Waals surface area contributed by atoms with Crippen molar-refractivity contribution in [3.63, 3.8) is 0 Å². The molecule has 14 rings (SSSR count). The van der Waals surface area contributed by atoms with Crippen molar-refractivity contribution in [1.82, 2.24) is 0 Å². The van der Waals surface area contributed by atoms with Crippen molar-refractivity contribution in [1.29, 1.82) is 0 Å². The van der Waals surface area contributed by atoms with Crippen LogP contribution in [0.1, 0.15) is 74.9 Å². The highest BCUT2D eigenvalue weighted by molar-refractivity contribution is 6.25. The molecule has 0 unspecified atom stereocenters. The van der Waals surface area contributed by atoms with Crippen LogP contribution in [0.15, 0.2) is 206 Å². The average Bonchev–Trinajstić information content (AvgIpc) is 3.87. The van der Waals surface area contributed by atoms with Crippen LogP contribution in [-0.4, -0.2) is 0 Å². The van der Waals surface area contributed by atoms with E-state index in [0.717, 1.165) is 0 Å². The van der Waals surface area contributed by atoms with E-state index in [0.29, 0.717) is 0 Å². The van der Waals surface area contributed by atoms with Crippen molar-refractivity contribution in [3.05, 3.63) is 240 Å². The average molecular weight is 881 g/mol. The van der Waals surface area contributed by atoms with Crippen molar-refractivity contribution in [3.8, 4) is 77.9 Å². The van der Waals surface area contributed by atoms with Gasteiger partial charge < -0.3 is 0 Å². The summed E-state index contributed by atoms with van der Waals surface area (Å²) < 4.78 is 0. The van der Waals surface area contributed by atoms with Gasteiger partial charge in [-0.15, -0.1) is 0 Å². The SMILES string of the molecule is CC1(C)c2ccccc2-c2ccc(-c3ccc4c(-c5ccc(-c6ccc7c(c6)C(C)(C)c6ccccc6-7)c6ccccc56)c5ccccc5c(-c5cccc6c5-c5ccccc5C6(C)C)c4c3)cc21. The van der Waals surface area contributed by atoms with Crippen LogP contribution in [0.2, 0.25) is 0 Å². The van der Waals surface area contributed by atoms with Gasteiger partial charge in [0.05, 0.1) is 0 Å². The van der Waals surface area contributed by atoms with Crippen molar-refractivity contribution in [2.75, 3.05) is 0 Å². The summed E-state index contributed by atoms with van der Waals surface area (Å²) in [5, 5.41) is 7.60. The second kappa shape index (κ2) is 14.1. The smallest absolute Gasteiger partial charge is 0.0159 e. The fourth-order valence-electron chi connectivity index (χ4n) is 13.4. The van der Waals surface area contributed by atoms with Crippen molar-refractivity contribution in [2.45, 2.75) is 57.8 Å². The predicted molar refractivity (Wildman–Crippen MR) is 293 cm³/mol. The molecule has 0 aliphatic heterocycles. The molecule has 0 N–H and O–H groups in total. The fraction of sp³-hybridized carbons (Fsp3) is 0.130. The van der Waals surface area contributed by atoms with Crippen LogP contribution in [0.4, 0.5) is 0 Å². The van der Waals surface area contributed by atoms with Gasteiger partial charge in [0.25, 0.3) is 0 Å². The molecule has 11 aromatic rings. The van der Waals surface area contributed by atoms with Crippen LogP contribution in [0.25, 0.3) is 110 Å². The zero-order valence-electron chi connectivity index (χ0n) is 40.1. The quantitative estimate of drug-likeness (QED) is 0.155. The molecule has 0 saturated heterocycles. The summed E-state index contributed by atoms with van der Waals surface area (Å²) in [5.41, 5.74) is 26.3. The molecule has 0 spiro atoms. The lowest BCUT2D eigenvalue weighted by Crippen LogP contribution is -2.14. The number of hydrogen-bond donors (Lipinski definition) is 0. The maximum atomic E-state index is 2.52. The first-order valence-corrected chi connectivity index (χ1v) is 24.8. The summed E-state index contributed by atoms with van der Waals surface area (Å²) >= 11 is 0. The lowest BCUT2D eigenvalue weighted by molar-refractivity contribution is 0.660. The Balaban J connectivity index is 1.03. The first-order valence-electron chi connectivity index (χ1n) is 24.8. The van der Waals surface area contributed by atoms with Gasteiger partial charge in [-0.25, -0.2) is 0 Å². The Kier molecular flexibility index (Phi) is 8.25. The molecule has 0 saturated carbocycles. The van der Waals surface area contributed by atoms with Crippen LogP contribution < -0.4 is 0 Å². The van der Waals surface area contributed by atoms with Gasteiger partial charge in [0.1, 0.15) is 0 Å². The van der Waals surface area contributed by atoms with E-state index in [4.69, 9.17) is 0 Å².